The number of aromatic nitrogens is 2. The van der Waals surface area contributed by atoms with Gasteiger partial charge in [-0.15, -0.1) is 11.3 Å². The number of piperidine rings is 1. The fourth-order valence-corrected chi connectivity index (χ4v) is 5.12. The number of Topliss-reactive ketones (excluding diaryl/α,β-unsaturated/α-hetero) is 1. The van der Waals surface area contributed by atoms with E-state index in [9.17, 15) is 13.2 Å². The van der Waals surface area contributed by atoms with E-state index in [-0.39, 0.29) is 18.1 Å². The minimum atomic E-state index is -3.17. The minimum Gasteiger partial charge on any atom is -0.299 e. The van der Waals surface area contributed by atoms with Gasteiger partial charge >= 0.3 is 0 Å². The number of hydrogen-bond acceptors (Lipinski definition) is 6. The number of nitrogens with zero attached hydrogens (tertiary/aromatic N) is 3. The maximum atomic E-state index is 12.7. The summed E-state index contributed by atoms with van der Waals surface area (Å²) in [5.41, 5.74) is 3.67. The van der Waals surface area contributed by atoms with Crippen LogP contribution in [-0.2, 0) is 21.2 Å². The van der Waals surface area contributed by atoms with Crippen LogP contribution in [0.25, 0.3) is 21.2 Å². The number of sulfonamides is 1. The van der Waals surface area contributed by atoms with E-state index in [1.165, 1.54) is 10.6 Å². The van der Waals surface area contributed by atoms with Crippen LogP contribution >= 0.6 is 11.3 Å². The lowest BCUT2D eigenvalue weighted by Gasteiger charge is -2.29. The molecule has 28 heavy (non-hydrogen) atoms. The Bertz CT molecular complexity index is 1100. The van der Waals surface area contributed by atoms with Gasteiger partial charge in [-0.3, -0.25) is 14.8 Å². The third-order valence-corrected chi connectivity index (χ3v) is 7.35. The summed E-state index contributed by atoms with van der Waals surface area (Å²) in [5, 5.41) is 2.08. The van der Waals surface area contributed by atoms with E-state index in [1.807, 2.05) is 23.8 Å². The number of carbonyl (C=O) groups is 1. The summed E-state index contributed by atoms with van der Waals surface area (Å²) in [6.07, 6.45) is 6.31. The van der Waals surface area contributed by atoms with Gasteiger partial charge in [0.2, 0.25) is 10.0 Å². The van der Waals surface area contributed by atoms with Gasteiger partial charge < -0.3 is 0 Å². The molecule has 0 bridgehead atoms. The largest absolute Gasteiger partial charge is 0.299 e. The Morgan fingerprint density at radius 3 is 2.64 bits per heavy atom. The van der Waals surface area contributed by atoms with E-state index in [0.29, 0.717) is 25.9 Å². The molecule has 3 aromatic rings. The van der Waals surface area contributed by atoms with Gasteiger partial charge in [-0.05, 0) is 35.9 Å². The second-order valence-electron chi connectivity index (χ2n) is 7.18. The molecule has 1 fully saturated rings. The van der Waals surface area contributed by atoms with Gasteiger partial charge in [0.25, 0.3) is 0 Å². The third-order valence-electron chi connectivity index (χ3n) is 5.23. The van der Waals surface area contributed by atoms with Gasteiger partial charge in [0.1, 0.15) is 5.78 Å². The van der Waals surface area contributed by atoms with Crippen molar-refractivity contribution in [1.29, 1.82) is 0 Å². The fraction of sp³-hybridized carbons (Fsp3) is 0.350. The number of ketones is 1. The first-order valence-corrected chi connectivity index (χ1v) is 11.9. The molecule has 4 rings (SSSR count). The van der Waals surface area contributed by atoms with Gasteiger partial charge in [0.05, 0.1) is 16.6 Å². The Morgan fingerprint density at radius 1 is 1.18 bits per heavy atom. The molecule has 146 valence electrons. The van der Waals surface area contributed by atoms with Crippen molar-refractivity contribution in [2.45, 2.75) is 19.3 Å². The highest BCUT2D eigenvalue weighted by molar-refractivity contribution is 7.88. The molecule has 3 heterocycles. The summed E-state index contributed by atoms with van der Waals surface area (Å²) < 4.78 is 24.7. The summed E-state index contributed by atoms with van der Waals surface area (Å²) in [4.78, 5) is 22.4. The van der Waals surface area contributed by atoms with E-state index in [0.717, 1.165) is 26.9 Å². The molecule has 0 aliphatic carbocycles. The van der Waals surface area contributed by atoms with Crippen LogP contribution in [0.5, 0.6) is 0 Å². The number of fused-ring (bicyclic) bond motifs is 1. The lowest BCUT2D eigenvalue weighted by Crippen LogP contribution is -2.39. The molecule has 0 unspecified atom stereocenters. The number of hydrogen-bond donors (Lipinski definition) is 0. The van der Waals surface area contributed by atoms with Gasteiger partial charge in [0, 0.05) is 48.9 Å². The Kier molecular flexibility index (Phi) is 5.27. The van der Waals surface area contributed by atoms with Crippen molar-refractivity contribution in [2.75, 3.05) is 19.3 Å². The maximum absolute atomic E-state index is 12.7. The third kappa shape index (κ3) is 4.14. The summed E-state index contributed by atoms with van der Waals surface area (Å²) >= 11 is 1.59. The second-order valence-corrected chi connectivity index (χ2v) is 10.1. The monoisotopic (exact) mass is 415 g/mol. The van der Waals surface area contributed by atoms with Crippen LogP contribution in [0.4, 0.5) is 0 Å². The van der Waals surface area contributed by atoms with Crippen molar-refractivity contribution < 1.29 is 13.2 Å². The van der Waals surface area contributed by atoms with Crippen molar-refractivity contribution in [3.63, 3.8) is 0 Å². The second kappa shape index (κ2) is 7.69. The number of rotatable bonds is 5. The predicted molar refractivity (Wildman–Crippen MR) is 111 cm³/mol. The van der Waals surface area contributed by atoms with Gasteiger partial charge in [0.15, 0.2) is 0 Å². The number of thiazole rings is 1. The fourth-order valence-electron chi connectivity index (χ4n) is 3.63. The average molecular weight is 416 g/mol. The molecular formula is C20H21N3O3S2. The van der Waals surface area contributed by atoms with Crippen molar-refractivity contribution >= 4 is 37.9 Å². The standard InChI is InChI=1S/C20H21N3O3S2/c1-28(25,26)23-6-4-14(5-7-23)19(24)10-18-9-17-8-15(20-12-21-13-27-20)2-3-16(17)11-22-18/h2-3,8-9,11-14H,4-7,10H2,1H3. The zero-order valence-corrected chi connectivity index (χ0v) is 17.2. The molecule has 1 saturated heterocycles. The van der Waals surface area contributed by atoms with E-state index in [1.54, 1.807) is 17.5 Å². The highest BCUT2D eigenvalue weighted by Crippen LogP contribution is 2.27. The Morgan fingerprint density at radius 2 is 1.96 bits per heavy atom. The molecule has 0 spiro atoms. The minimum absolute atomic E-state index is 0.0981. The summed E-state index contributed by atoms with van der Waals surface area (Å²) in [5.74, 6) is 0.0395. The van der Waals surface area contributed by atoms with Crippen molar-refractivity contribution in [2.24, 2.45) is 5.92 Å². The smallest absolute Gasteiger partial charge is 0.211 e. The quantitative estimate of drug-likeness (QED) is 0.640. The molecule has 0 atom stereocenters. The summed E-state index contributed by atoms with van der Waals surface area (Å²) in [6.45, 7) is 0.831. The molecule has 0 amide bonds. The van der Waals surface area contributed by atoms with E-state index >= 15 is 0 Å². The van der Waals surface area contributed by atoms with Crippen LogP contribution in [0, 0.1) is 5.92 Å². The van der Waals surface area contributed by atoms with Crippen LogP contribution in [0.2, 0.25) is 0 Å². The molecule has 0 N–H and O–H groups in total. The van der Waals surface area contributed by atoms with Crippen LogP contribution in [0.15, 0.2) is 42.2 Å². The highest BCUT2D eigenvalue weighted by atomic mass is 32.2. The number of pyridine rings is 1. The zero-order chi connectivity index (χ0) is 19.7. The average Bonchev–Trinajstić information content (AvgIpc) is 3.21. The molecule has 1 aliphatic rings. The molecule has 6 nitrogen and oxygen atoms in total. The van der Waals surface area contributed by atoms with Crippen LogP contribution in [-0.4, -0.2) is 47.8 Å². The van der Waals surface area contributed by atoms with E-state index in [2.05, 4.69) is 22.1 Å². The molecular weight excluding hydrogens is 394 g/mol. The van der Waals surface area contributed by atoms with Gasteiger partial charge in [-0.1, -0.05) is 12.1 Å². The number of carbonyl (C=O) groups excluding carboxylic acids is 1. The van der Waals surface area contributed by atoms with Crippen LogP contribution < -0.4 is 0 Å². The van der Waals surface area contributed by atoms with Gasteiger partial charge in [-0.2, -0.15) is 0 Å². The Labute approximate surface area is 168 Å². The normalized spacial score (nSPS) is 16.5. The predicted octanol–water partition coefficient (Wildman–Crippen LogP) is 3.14. The molecule has 1 aliphatic heterocycles. The summed E-state index contributed by atoms with van der Waals surface area (Å²) in [6, 6.07) is 8.16. The van der Waals surface area contributed by atoms with E-state index < -0.39 is 10.0 Å². The Hall–Kier alpha value is -2.16. The first kappa shape index (κ1) is 19.2. The van der Waals surface area contributed by atoms with Gasteiger partial charge in [-0.25, -0.2) is 12.7 Å². The van der Waals surface area contributed by atoms with E-state index in [4.69, 9.17) is 0 Å². The highest BCUT2D eigenvalue weighted by Gasteiger charge is 2.28. The lowest BCUT2D eigenvalue weighted by atomic mass is 9.91. The molecule has 0 saturated carbocycles. The molecule has 8 heteroatoms. The number of benzene rings is 1. The van der Waals surface area contributed by atoms with Crippen molar-refractivity contribution in [3.05, 3.63) is 47.9 Å². The van der Waals surface area contributed by atoms with Crippen molar-refractivity contribution in [3.8, 4) is 10.4 Å². The SMILES string of the molecule is CS(=O)(=O)N1CCC(C(=O)Cc2cc3cc(-c4cncs4)ccc3cn2)CC1. The first-order chi connectivity index (χ1) is 13.4. The van der Waals surface area contributed by atoms with Crippen molar-refractivity contribution in [1.82, 2.24) is 14.3 Å². The first-order valence-electron chi connectivity index (χ1n) is 9.15. The topological polar surface area (TPSA) is 80.2 Å². The molecule has 0 radical (unpaired) electrons. The zero-order valence-electron chi connectivity index (χ0n) is 15.5. The lowest BCUT2D eigenvalue weighted by molar-refractivity contribution is -0.123. The van der Waals surface area contributed by atoms with Crippen LogP contribution in [0.3, 0.4) is 0 Å². The molecule has 2 aromatic heterocycles. The molecule has 1 aromatic carbocycles. The van der Waals surface area contributed by atoms with Crippen LogP contribution in [0.1, 0.15) is 18.5 Å². The summed E-state index contributed by atoms with van der Waals surface area (Å²) in [7, 11) is -3.17. The maximum Gasteiger partial charge on any atom is 0.211 e. The Balaban J connectivity index is 1.48.